The number of aromatic nitrogens is 1. The molecule has 3 rings (SSSR count). The van der Waals surface area contributed by atoms with Crippen molar-refractivity contribution in [3.05, 3.63) is 90.0 Å². The van der Waals surface area contributed by atoms with E-state index in [0.717, 1.165) is 10.4 Å². The lowest BCUT2D eigenvalue weighted by Crippen LogP contribution is -2.30. The molecule has 3 aromatic rings. The summed E-state index contributed by atoms with van der Waals surface area (Å²) >= 11 is 0. The summed E-state index contributed by atoms with van der Waals surface area (Å²) in [5, 5.41) is 0. The lowest BCUT2D eigenvalue weighted by atomic mass is 10.1. The third kappa shape index (κ3) is 4.17. The van der Waals surface area contributed by atoms with Crippen molar-refractivity contribution in [1.82, 2.24) is 4.98 Å². The normalized spacial score (nSPS) is 11.1. The molecule has 0 saturated carbocycles. The highest BCUT2D eigenvalue weighted by atomic mass is 32.2. The summed E-state index contributed by atoms with van der Waals surface area (Å²) in [6.45, 7) is -0.106. The molecular weight excluding hydrogens is 383 g/mol. The number of nitrogens with zero attached hydrogens (tertiary/aromatic N) is 2. The maximum absolute atomic E-state index is 13.8. The summed E-state index contributed by atoms with van der Waals surface area (Å²) in [6.07, 6.45) is 2.69. The number of anilines is 1. The summed E-state index contributed by atoms with van der Waals surface area (Å²) in [4.78, 5) is 15.6. The largest absolute Gasteiger partial charge is 0.465 e. The number of carbonyl (C=O) groups is 1. The van der Waals surface area contributed by atoms with E-state index in [-0.39, 0.29) is 22.7 Å². The molecule has 0 aliphatic carbocycles. The number of carbonyl (C=O) groups excluding carboxylic acids is 1. The van der Waals surface area contributed by atoms with Gasteiger partial charge < -0.3 is 4.74 Å². The van der Waals surface area contributed by atoms with Crippen molar-refractivity contribution in [3.63, 3.8) is 0 Å². The number of rotatable bonds is 6. The molecule has 28 heavy (non-hydrogen) atoms. The van der Waals surface area contributed by atoms with Crippen molar-refractivity contribution in [2.75, 3.05) is 11.4 Å². The van der Waals surface area contributed by atoms with Crippen LogP contribution in [-0.4, -0.2) is 26.5 Å². The van der Waals surface area contributed by atoms with E-state index in [9.17, 15) is 17.6 Å². The number of hydrogen-bond donors (Lipinski definition) is 0. The fourth-order valence-electron chi connectivity index (χ4n) is 2.65. The number of esters is 1. The molecule has 0 spiro atoms. The highest BCUT2D eigenvalue weighted by Gasteiger charge is 2.26. The number of benzene rings is 2. The van der Waals surface area contributed by atoms with E-state index in [4.69, 9.17) is 4.74 Å². The number of halogens is 1. The number of methoxy groups -OCH3 is 1. The SMILES string of the molecule is COC(=O)c1cccc(CN(c2cccc(F)c2)S(=O)(=O)c2cccnc2)c1. The average Bonchev–Trinajstić information content (AvgIpc) is 2.72. The number of hydrogen-bond acceptors (Lipinski definition) is 5. The van der Waals surface area contributed by atoms with Gasteiger partial charge in [-0.15, -0.1) is 0 Å². The Balaban J connectivity index is 2.07. The zero-order chi connectivity index (χ0) is 20.1. The molecule has 1 heterocycles. The van der Waals surface area contributed by atoms with Gasteiger partial charge in [-0.2, -0.15) is 0 Å². The summed E-state index contributed by atoms with van der Waals surface area (Å²) in [7, 11) is -2.75. The molecule has 0 bridgehead atoms. The Morgan fingerprint density at radius 2 is 1.89 bits per heavy atom. The van der Waals surface area contributed by atoms with Gasteiger partial charge >= 0.3 is 5.97 Å². The number of ether oxygens (including phenoxy) is 1. The van der Waals surface area contributed by atoms with Crippen LogP contribution < -0.4 is 4.31 Å². The summed E-state index contributed by atoms with van der Waals surface area (Å²) in [5.41, 5.74) is 0.991. The lowest BCUT2D eigenvalue weighted by Gasteiger charge is -2.24. The highest BCUT2D eigenvalue weighted by Crippen LogP contribution is 2.26. The molecule has 0 N–H and O–H groups in total. The Labute approximate surface area is 162 Å². The predicted octanol–water partition coefficient (Wildman–Crippen LogP) is 3.40. The van der Waals surface area contributed by atoms with Gasteiger partial charge in [0.1, 0.15) is 10.7 Å². The first-order valence-electron chi connectivity index (χ1n) is 8.27. The van der Waals surface area contributed by atoms with Gasteiger partial charge in [-0.1, -0.05) is 18.2 Å². The molecular formula is C20H17FN2O4S. The van der Waals surface area contributed by atoms with Crippen molar-refractivity contribution in [2.24, 2.45) is 0 Å². The van der Waals surface area contributed by atoms with E-state index < -0.39 is 21.8 Å². The molecule has 0 saturated heterocycles. The predicted molar refractivity (Wildman–Crippen MR) is 102 cm³/mol. The topological polar surface area (TPSA) is 76.6 Å². The molecule has 2 aromatic carbocycles. The van der Waals surface area contributed by atoms with E-state index in [0.29, 0.717) is 5.56 Å². The van der Waals surface area contributed by atoms with Crippen LogP contribution in [0.4, 0.5) is 10.1 Å². The quantitative estimate of drug-likeness (QED) is 0.593. The molecule has 0 amide bonds. The summed E-state index contributed by atoms with van der Waals surface area (Å²) in [5.74, 6) is -1.10. The standard InChI is InChI=1S/C20H17FN2O4S/c1-27-20(24)16-6-2-5-15(11-16)14-23(18-8-3-7-17(21)12-18)28(25,26)19-9-4-10-22-13-19/h2-13H,14H2,1H3. The van der Waals surface area contributed by atoms with E-state index in [1.54, 1.807) is 18.2 Å². The number of sulfonamides is 1. The van der Waals surface area contributed by atoms with Crippen LogP contribution >= 0.6 is 0 Å². The van der Waals surface area contributed by atoms with E-state index in [1.807, 2.05) is 0 Å². The van der Waals surface area contributed by atoms with E-state index >= 15 is 0 Å². The van der Waals surface area contributed by atoms with Crippen molar-refractivity contribution >= 4 is 21.7 Å². The van der Waals surface area contributed by atoms with Crippen LogP contribution in [0.25, 0.3) is 0 Å². The first-order valence-corrected chi connectivity index (χ1v) is 9.71. The van der Waals surface area contributed by atoms with Gasteiger partial charge in [-0.25, -0.2) is 17.6 Å². The Kier molecular flexibility index (Phi) is 5.70. The molecule has 0 radical (unpaired) electrons. The molecule has 0 unspecified atom stereocenters. The van der Waals surface area contributed by atoms with Crippen LogP contribution in [-0.2, 0) is 21.3 Å². The van der Waals surface area contributed by atoms with Gasteiger partial charge in [0.15, 0.2) is 0 Å². The number of pyridine rings is 1. The molecule has 0 aliphatic heterocycles. The van der Waals surface area contributed by atoms with Gasteiger partial charge in [-0.05, 0) is 48.0 Å². The van der Waals surface area contributed by atoms with E-state index in [1.165, 1.54) is 55.9 Å². The van der Waals surface area contributed by atoms with E-state index in [2.05, 4.69) is 4.98 Å². The fraction of sp³-hybridized carbons (Fsp3) is 0.100. The Hall–Kier alpha value is -3.26. The van der Waals surface area contributed by atoms with Crippen molar-refractivity contribution in [3.8, 4) is 0 Å². The molecule has 1 aromatic heterocycles. The van der Waals surface area contributed by atoms with Crippen LogP contribution in [0.5, 0.6) is 0 Å². The van der Waals surface area contributed by atoms with Crippen LogP contribution in [0.3, 0.4) is 0 Å². The zero-order valence-corrected chi connectivity index (χ0v) is 15.8. The summed E-state index contributed by atoms with van der Waals surface area (Å²) in [6, 6.07) is 14.6. The van der Waals surface area contributed by atoms with Crippen LogP contribution in [0.15, 0.2) is 78.0 Å². The molecule has 0 fully saturated rings. The smallest absolute Gasteiger partial charge is 0.337 e. The first-order chi connectivity index (χ1) is 13.4. The van der Waals surface area contributed by atoms with Crippen LogP contribution in [0, 0.1) is 5.82 Å². The van der Waals surface area contributed by atoms with Crippen LogP contribution in [0.1, 0.15) is 15.9 Å². The Morgan fingerprint density at radius 3 is 2.57 bits per heavy atom. The molecule has 0 atom stereocenters. The Morgan fingerprint density at radius 1 is 1.11 bits per heavy atom. The van der Waals surface area contributed by atoms with Gasteiger partial charge in [-0.3, -0.25) is 9.29 Å². The van der Waals surface area contributed by atoms with Crippen molar-refractivity contribution in [2.45, 2.75) is 11.4 Å². The minimum absolute atomic E-state index is 0.0246. The van der Waals surface area contributed by atoms with Gasteiger partial charge in [0.25, 0.3) is 10.0 Å². The van der Waals surface area contributed by atoms with Crippen LogP contribution in [0.2, 0.25) is 0 Å². The maximum atomic E-state index is 13.8. The average molecular weight is 400 g/mol. The van der Waals surface area contributed by atoms with Crippen molar-refractivity contribution < 1.29 is 22.3 Å². The molecule has 8 heteroatoms. The fourth-order valence-corrected chi connectivity index (χ4v) is 4.06. The summed E-state index contributed by atoms with van der Waals surface area (Å²) < 4.78 is 45.9. The first kappa shape index (κ1) is 19.5. The molecule has 144 valence electrons. The highest BCUT2D eigenvalue weighted by molar-refractivity contribution is 7.92. The third-order valence-corrected chi connectivity index (χ3v) is 5.75. The van der Waals surface area contributed by atoms with Gasteiger partial charge in [0, 0.05) is 12.4 Å². The molecule has 0 aliphatic rings. The minimum atomic E-state index is -4.02. The third-order valence-electron chi connectivity index (χ3n) is 3.99. The molecule has 6 nitrogen and oxygen atoms in total. The maximum Gasteiger partial charge on any atom is 0.337 e. The Bertz CT molecular complexity index is 1090. The second-order valence-electron chi connectivity index (χ2n) is 5.87. The van der Waals surface area contributed by atoms with Gasteiger partial charge in [0.05, 0.1) is 24.9 Å². The second-order valence-corrected chi connectivity index (χ2v) is 7.73. The lowest BCUT2D eigenvalue weighted by molar-refractivity contribution is 0.0600. The van der Waals surface area contributed by atoms with Gasteiger partial charge in [0.2, 0.25) is 0 Å². The minimum Gasteiger partial charge on any atom is -0.465 e. The van der Waals surface area contributed by atoms with Crippen molar-refractivity contribution in [1.29, 1.82) is 0 Å². The monoisotopic (exact) mass is 400 g/mol. The second kappa shape index (κ2) is 8.18. The zero-order valence-electron chi connectivity index (χ0n) is 14.9.